The minimum atomic E-state index is -0.999. The van der Waals surface area contributed by atoms with Crippen molar-refractivity contribution < 1.29 is 14.6 Å². The van der Waals surface area contributed by atoms with Gasteiger partial charge in [0.25, 0.3) is 0 Å². The molecule has 1 aliphatic rings. The monoisotopic (exact) mass is 356 g/mol. The van der Waals surface area contributed by atoms with Crippen LogP contribution in [0, 0.1) is 13.8 Å². The first-order chi connectivity index (χ1) is 12.2. The quantitative estimate of drug-likeness (QED) is 0.566. The van der Waals surface area contributed by atoms with Crippen molar-refractivity contribution in [3.05, 3.63) is 53.1 Å². The van der Waals surface area contributed by atoms with Crippen LogP contribution in [-0.2, 0) is 5.60 Å². The molecule has 0 spiro atoms. The highest BCUT2D eigenvalue weighted by atomic mass is 16.5. The number of fused-ring (bicyclic) bond motifs is 1. The van der Waals surface area contributed by atoms with Gasteiger partial charge in [0.1, 0.15) is 17.1 Å². The number of aryl methyl sites for hydroxylation is 2. The summed E-state index contributed by atoms with van der Waals surface area (Å²) in [5, 5.41) is 14.7. The van der Waals surface area contributed by atoms with Gasteiger partial charge in [-0.15, -0.1) is 0 Å². The van der Waals surface area contributed by atoms with Crippen molar-refractivity contribution in [2.24, 2.45) is 0 Å². The van der Waals surface area contributed by atoms with Crippen molar-refractivity contribution in [3.8, 4) is 11.5 Å². The molecule has 5 heteroatoms. The fraction of sp³-hybridized carbons (Fsp3) is 0.429. The Morgan fingerprint density at radius 1 is 1.27 bits per heavy atom. The Bertz CT molecular complexity index is 804. The van der Waals surface area contributed by atoms with Gasteiger partial charge in [0.2, 0.25) is 0 Å². The summed E-state index contributed by atoms with van der Waals surface area (Å²) in [6.45, 7) is 8.76. The SMILES string of the molecule is Cc1cc(C)c2c(c1)C(O)(CNC(C)(C)Oc1cccc(N)c1)CCO2. The number of nitrogen functional groups attached to an aromatic ring is 1. The normalized spacial score (nSPS) is 19.6. The molecule has 2 aromatic carbocycles. The van der Waals surface area contributed by atoms with Gasteiger partial charge in [0.15, 0.2) is 5.72 Å². The zero-order valence-corrected chi connectivity index (χ0v) is 15.9. The van der Waals surface area contributed by atoms with E-state index < -0.39 is 11.3 Å². The van der Waals surface area contributed by atoms with Gasteiger partial charge >= 0.3 is 0 Å². The van der Waals surface area contributed by atoms with E-state index in [-0.39, 0.29) is 0 Å². The molecule has 0 saturated heterocycles. The zero-order valence-electron chi connectivity index (χ0n) is 15.9. The van der Waals surface area contributed by atoms with Crippen LogP contribution in [0.4, 0.5) is 5.69 Å². The number of benzene rings is 2. The third kappa shape index (κ3) is 3.94. The average molecular weight is 356 g/mol. The summed E-state index contributed by atoms with van der Waals surface area (Å²) in [6, 6.07) is 11.4. The molecule has 26 heavy (non-hydrogen) atoms. The van der Waals surface area contributed by atoms with Crippen LogP contribution in [0.25, 0.3) is 0 Å². The van der Waals surface area contributed by atoms with Gasteiger partial charge in [-0.1, -0.05) is 17.7 Å². The number of aliphatic hydroxyl groups is 1. The predicted molar refractivity (Wildman–Crippen MR) is 103 cm³/mol. The molecular weight excluding hydrogens is 328 g/mol. The third-order valence-electron chi connectivity index (χ3n) is 4.72. The fourth-order valence-electron chi connectivity index (χ4n) is 3.40. The summed E-state index contributed by atoms with van der Waals surface area (Å²) in [4.78, 5) is 0. The van der Waals surface area contributed by atoms with Crippen molar-refractivity contribution in [2.75, 3.05) is 18.9 Å². The molecule has 0 fully saturated rings. The van der Waals surface area contributed by atoms with E-state index >= 15 is 0 Å². The Labute approximate surface area is 155 Å². The van der Waals surface area contributed by atoms with E-state index in [2.05, 4.69) is 11.4 Å². The standard InChI is InChI=1S/C21H28N2O3/c1-14-10-15(2)19-18(11-14)21(24,8-9-25-19)13-23-20(3,4)26-17-7-5-6-16(22)12-17/h5-7,10-12,23-24H,8-9,13,22H2,1-4H3. The van der Waals surface area contributed by atoms with Crippen LogP contribution >= 0.6 is 0 Å². The van der Waals surface area contributed by atoms with E-state index in [1.807, 2.05) is 52.0 Å². The van der Waals surface area contributed by atoms with Crippen LogP contribution in [0.3, 0.4) is 0 Å². The van der Waals surface area contributed by atoms with Gasteiger partial charge in [0.05, 0.1) is 6.61 Å². The summed E-state index contributed by atoms with van der Waals surface area (Å²) >= 11 is 0. The second kappa shape index (κ2) is 6.82. The van der Waals surface area contributed by atoms with Crippen LogP contribution in [0.15, 0.2) is 36.4 Å². The zero-order chi connectivity index (χ0) is 18.9. The van der Waals surface area contributed by atoms with E-state index in [0.29, 0.717) is 31.0 Å². The first-order valence-corrected chi connectivity index (χ1v) is 8.95. The van der Waals surface area contributed by atoms with E-state index in [1.54, 1.807) is 6.07 Å². The molecule has 1 aliphatic heterocycles. The van der Waals surface area contributed by atoms with Gasteiger partial charge in [-0.2, -0.15) is 0 Å². The Morgan fingerprint density at radius 2 is 2.04 bits per heavy atom. The van der Waals surface area contributed by atoms with Crippen molar-refractivity contribution in [2.45, 2.75) is 45.4 Å². The van der Waals surface area contributed by atoms with Crippen molar-refractivity contribution >= 4 is 5.69 Å². The molecule has 140 valence electrons. The highest BCUT2D eigenvalue weighted by molar-refractivity contribution is 5.48. The van der Waals surface area contributed by atoms with Crippen molar-refractivity contribution in [1.29, 1.82) is 0 Å². The Morgan fingerprint density at radius 3 is 2.77 bits per heavy atom. The molecule has 0 saturated carbocycles. The number of nitrogens with one attached hydrogen (secondary N) is 1. The molecule has 1 unspecified atom stereocenters. The summed E-state index contributed by atoms with van der Waals surface area (Å²) in [5.41, 5.74) is 7.81. The van der Waals surface area contributed by atoms with Gasteiger partial charge in [-0.3, -0.25) is 5.32 Å². The lowest BCUT2D eigenvalue weighted by molar-refractivity contribution is -0.0276. The largest absolute Gasteiger partial charge is 0.493 e. The van der Waals surface area contributed by atoms with E-state index in [4.69, 9.17) is 15.2 Å². The van der Waals surface area contributed by atoms with Crippen LogP contribution in [0.2, 0.25) is 0 Å². The number of rotatable bonds is 5. The number of ether oxygens (including phenoxy) is 2. The lowest BCUT2D eigenvalue weighted by Crippen LogP contribution is -2.52. The van der Waals surface area contributed by atoms with Crippen LogP contribution < -0.4 is 20.5 Å². The molecule has 0 aromatic heterocycles. The number of hydrogen-bond donors (Lipinski definition) is 3. The maximum absolute atomic E-state index is 11.3. The summed E-state index contributed by atoms with van der Waals surface area (Å²) < 4.78 is 11.8. The van der Waals surface area contributed by atoms with E-state index in [9.17, 15) is 5.11 Å². The number of nitrogens with two attached hydrogens (primary N) is 1. The molecule has 0 amide bonds. The Balaban J connectivity index is 1.77. The molecule has 4 N–H and O–H groups in total. The summed E-state index contributed by atoms with van der Waals surface area (Å²) in [7, 11) is 0. The first kappa shape index (κ1) is 18.5. The van der Waals surface area contributed by atoms with E-state index in [1.165, 1.54) is 0 Å². The van der Waals surface area contributed by atoms with Gasteiger partial charge in [-0.25, -0.2) is 0 Å². The topological polar surface area (TPSA) is 76.7 Å². The molecule has 1 heterocycles. The van der Waals surface area contributed by atoms with Crippen molar-refractivity contribution in [1.82, 2.24) is 5.32 Å². The molecule has 0 radical (unpaired) electrons. The van der Waals surface area contributed by atoms with Crippen molar-refractivity contribution in [3.63, 3.8) is 0 Å². The number of hydrogen-bond acceptors (Lipinski definition) is 5. The third-order valence-corrected chi connectivity index (χ3v) is 4.72. The second-order valence-corrected chi connectivity index (χ2v) is 7.63. The molecule has 0 bridgehead atoms. The number of anilines is 1. The van der Waals surface area contributed by atoms with Crippen LogP contribution in [-0.4, -0.2) is 24.0 Å². The highest BCUT2D eigenvalue weighted by Crippen LogP contribution is 2.39. The molecule has 1 atom stereocenters. The van der Waals surface area contributed by atoms with Crippen LogP contribution in [0.5, 0.6) is 11.5 Å². The molecule has 3 rings (SSSR count). The Hall–Kier alpha value is -2.24. The smallest absolute Gasteiger partial charge is 0.155 e. The minimum absolute atomic E-state index is 0.363. The maximum atomic E-state index is 11.3. The Kier molecular flexibility index (Phi) is 4.86. The predicted octanol–water partition coefficient (Wildman–Crippen LogP) is 3.26. The van der Waals surface area contributed by atoms with Gasteiger partial charge in [0, 0.05) is 30.3 Å². The summed E-state index contributed by atoms with van der Waals surface area (Å²) in [5.74, 6) is 1.48. The highest BCUT2D eigenvalue weighted by Gasteiger charge is 2.38. The molecular formula is C21H28N2O3. The maximum Gasteiger partial charge on any atom is 0.155 e. The second-order valence-electron chi connectivity index (χ2n) is 7.63. The average Bonchev–Trinajstić information content (AvgIpc) is 2.54. The van der Waals surface area contributed by atoms with E-state index in [0.717, 1.165) is 22.4 Å². The molecule has 2 aromatic rings. The molecule has 0 aliphatic carbocycles. The first-order valence-electron chi connectivity index (χ1n) is 8.95. The van der Waals surface area contributed by atoms with Gasteiger partial charge in [-0.05, 0) is 51.5 Å². The summed E-state index contributed by atoms with van der Waals surface area (Å²) in [6.07, 6.45) is 0.532. The van der Waals surface area contributed by atoms with Gasteiger partial charge < -0.3 is 20.3 Å². The molecule has 5 nitrogen and oxygen atoms in total. The van der Waals surface area contributed by atoms with Crippen LogP contribution in [0.1, 0.15) is 37.0 Å². The lowest BCUT2D eigenvalue weighted by atomic mass is 9.85. The lowest BCUT2D eigenvalue weighted by Gasteiger charge is -2.38. The fourth-order valence-corrected chi connectivity index (χ4v) is 3.40. The minimum Gasteiger partial charge on any atom is -0.493 e.